The van der Waals surface area contributed by atoms with Gasteiger partial charge in [-0.25, -0.2) is 8.42 Å². The van der Waals surface area contributed by atoms with Crippen LogP contribution in [0.25, 0.3) is 0 Å². The van der Waals surface area contributed by atoms with Crippen LogP contribution in [0, 0.1) is 5.92 Å². The second-order valence-electron chi connectivity index (χ2n) is 7.95. The molecule has 1 heterocycles. The maximum Gasteiger partial charge on any atom is 0.230 e. The summed E-state index contributed by atoms with van der Waals surface area (Å²) in [7, 11) is -3.61. The van der Waals surface area contributed by atoms with Gasteiger partial charge in [-0.15, -0.1) is 0 Å². The second kappa shape index (κ2) is 8.15. The fourth-order valence-electron chi connectivity index (χ4n) is 3.80. The predicted octanol–water partition coefficient (Wildman–Crippen LogP) is 3.94. The lowest BCUT2D eigenvalue weighted by molar-refractivity contribution is -0.120. The maximum atomic E-state index is 12.8. The number of halogens is 1. The number of rotatable bonds is 6. The largest absolute Gasteiger partial charge is 0.326 e. The summed E-state index contributed by atoms with van der Waals surface area (Å²) >= 11 is 3.33. The van der Waals surface area contributed by atoms with Crippen LogP contribution in [0.5, 0.6) is 0 Å². The third kappa shape index (κ3) is 4.44. The molecule has 0 aromatic heterocycles. The molecule has 1 aliphatic heterocycles. The molecular weight excluding hydrogens is 468 g/mol. The number of benzene rings is 2. The highest BCUT2D eigenvalue weighted by atomic mass is 79.9. The van der Waals surface area contributed by atoms with Crippen LogP contribution in [0.2, 0.25) is 0 Å². The molecule has 30 heavy (non-hydrogen) atoms. The van der Waals surface area contributed by atoms with Crippen molar-refractivity contribution in [2.45, 2.75) is 43.5 Å². The lowest BCUT2D eigenvalue weighted by atomic mass is 10.1. The number of hydrogen-bond donors (Lipinski definition) is 1. The average molecular weight is 491 g/mol. The van der Waals surface area contributed by atoms with Crippen molar-refractivity contribution in [2.75, 3.05) is 16.0 Å². The first kappa shape index (κ1) is 21.1. The van der Waals surface area contributed by atoms with E-state index in [1.165, 1.54) is 0 Å². The number of anilines is 2. The van der Waals surface area contributed by atoms with Crippen molar-refractivity contribution in [3.63, 3.8) is 0 Å². The molecule has 1 fully saturated rings. The molecule has 2 aromatic carbocycles. The summed E-state index contributed by atoms with van der Waals surface area (Å²) in [5.41, 5.74) is 2.29. The van der Waals surface area contributed by atoms with Crippen LogP contribution in [-0.2, 0) is 25.8 Å². The van der Waals surface area contributed by atoms with E-state index >= 15 is 0 Å². The Balaban J connectivity index is 1.44. The molecule has 158 valence electrons. The van der Waals surface area contributed by atoms with Crippen LogP contribution >= 0.6 is 15.9 Å². The van der Waals surface area contributed by atoms with Crippen LogP contribution in [-0.4, -0.2) is 32.0 Å². The van der Waals surface area contributed by atoms with Crippen LogP contribution in [0.15, 0.2) is 51.8 Å². The van der Waals surface area contributed by atoms with Gasteiger partial charge in [-0.05, 0) is 68.1 Å². The lowest BCUT2D eigenvalue weighted by Crippen LogP contribution is -2.36. The van der Waals surface area contributed by atoms with Crippen molar-refractivity contribution in [1.29, 1.82) is 0 Å². The zero-order chi connectivity index (χ0) is 21.5. The number of nitrogens with zero attached hydrogens (tertiary/aromatic N) is 1. The van der Waals surface area contributed by atoms with Crippen molar-refractivity contribution in [2.24, 2.45) is 5.92 Å². The van der Waals surface area contributed by atoms with Crippen LogP contribution < -0.4 is 10.2 Å². The minimum Gasteiger partial charge on any atom is -0.326 e. The van der Waals surface area contributed by atoms with Crippen molar-refractivity contribution in [3.05, 3.63) is 52.5 Å². The highest BCUT2D eigenvalue weighted by Crippen LogP contribution is 2.39. The van der Waals surface area contributed by atoms with Gasteiger partial charge in [0, 0.05) is 34.2 Å². The van der Waals surface area contributed by atoms with E-state index in [1.54, 1.807) is 36.4 Å². The van der Waals surface area contributed by atoms with Gasteiger partial charge in [-0.1, -0.05) is 22.0 Å². The smallest absolute Gasteiger partial charge is 0.230 e. The summed E-state index contributed by atoms with van der Waals surface area (Å²) < 4.78 is 26.4. The minimum absolute atomic E-state index is 0.0297. The number of fused-ring (bicyclic) bond motifs is 1. The predicted molar refractivity (Wildman–Crippen MR) is 119 cm³/mol. The Morgan fingerprint density at radius 3 is 2.63 bits per heavy atom. The third-order valence-electron chi connectivity index (χ3n) is 5.50. The maximum absolute atomic E-state index is 12.8. The highest BCUT2D eigenvalue weighted by molar-refractivity contribution is 9.10. The summed E-state index contributed by atoms with van der Waals surface area (Å²) in [6, 6.07) is 12.1. The molecule has 0 radical (unpaired) electrons. The normalized spacial score (nSPS) is 18.2. The van der Waals surface area contributed by atoms with Gasteiger partial charge in [-0.2, -0.15) is 0 Å². The zero-order valence-electron chi connectivity index (χ0n) is 16.6. The molecule has 8 heteroatoms. The average Bonchev–Trinajstić information content (AvgIpc) is 3.48. The fourth-order valence-corrected chi connectivity index (χ4v) is 5.48. The minimum atomic E-state index is -3.61. The molecule has 6 nitrogen and oxygen atoms in total. The van der Waals surface area contributed by atoms with Crippen molar-refractivity contribution >= 4 is 49.0 Å². The molecule has 1 aliphatic carbocycles. The van der Waals surface area contributed by atoms with Gasteiger partial charge in [0.2, 0.25) is 11.8 Å². The van der Waals surface area contributed by atoms with E-state index in [1.807, 2.05) is 17.9 Å². The zero-order valence-corrected chi connectivity index (χ0v) is 19.0. The molecule has 2 amide bonds. The van der Waals surface area contributed by atoms with E-state index in [0.29, 0.717) is 12.1 Å². The number of sulfone groups is 1. The molecule has 1 saturated carbocycles. The Morgan fingerprint density at radius 1 is 1.17 bits per heavy atom. The van der Waals surface area contributed by atoms with E-state index in [-0.39, 0.29) is 40.8 Å². The van der Waals surface area contributed by atoms with Crippen molar-refractivity contribution in [3.8, 4) is 0 Å². The van der Waals surface area contributed by atoms with Gasteiger partial charge in [0.25, 0.3) is 0 Å². The Kier molecular flexibility index (Phi) is 5.72. The van der Waals surface area contributed by atoms with Crippen molar-refractivity contribution < 1.29 is 18.0 Å². The summed E-state index contributed by atoms with van der Waals surface area (Å²) in [5, 5.41) is 2.71. The van der Waals surface area contributed by atoms with Gasteiger partial charge in [0.15, 0.2) is 9.84 Å². The molecule has 1 atom stereocenters. The first-order valence-corrected chi connectivity index (χ1v) is 12.4. The molecule has 4 rings (SSSR count). The molecule has 0 spiro atoms. The van der Waals surface area contributed by atoms with E-state index in [2.05, 4.69) is 21.2 Å². The first-order valence-electron chi connectivity index (χ1n) is 9.99. The molecule has 2 aromatic rings. The van der Waals surface area contributed by atoms with E-state index < -0.39 is 9.84 Å². The fraction of sp³-hybridized carbons (Fsp3) is 0.364. The Morgan fingerprint density at radius 2 is 1.93 bits per heavy atom. The van der Waals surface area contributed by atoms with Gasteiger partial charge >= 0.3 is 0 Å². The molecule has 2 aliphatic rings. The highest BCUT2D eigenvalue weighted by Gasteiger charge is 2.39. The second-order valence-corrected chi connectivity index (χ2v) is 11.0. The number of hydrogen-bond acceptors (Lipinski definition) is 4. The lowest BCUT2D eigenvalue weighted by Gasteiger charge is -2.22. The Bertz CT molecular complexity index is 1110. The van der Waals surface area contributed by atoms with Crippen LogP contribution in [0.4, 0.5) is 11.4 Å². The molecule has 0 saturated heterocycles. The number of carbonyl (C=O) groups is 2. The Hall–Kier alpha value is -2.19. The van der Waals surface area contributed by atoms with E-state index in [9.17, 15) is 18.0 Å². The standard InChI is InChI=1S/C22H23BrN2O4S/c1-14-11-16-12-19(7-8-20(16)25(14)22(27)15-5-6-15)30(28,29)10-9-21(26)24-18-4-2-3-17(23)13-18/h2-4,7-8,12-15H,5-6,9-11H2,1H3,(H,24,26)/t14-/m0/s1. The number of nitrogens with one attached hydrogen (secondary N) is 1. The van der Waals surface area contributed by atoms with Gasteiger partial charge in [0.05, 0.1) is 10.6 Å². The van der Waals surface area contributed by atoms with Crippen LogP contribution in [0.3, 0.4) is 0 Å². The van der Waals surface area contributed by atoms with Gasteiger partial charge < -0.3 is 10.2 Å². The monoisotopic (exact) mass is 490 g/mol. The van der Waals surface area contributed by atoms with E-state index in [4.69, 9.17) is 0 Å². The van der Waals surface area contributed by atoms with E-state index in [0.717, 1.165) is 28.6 Å². The molecular formula is C22H23BrN2O4S. The summed E-state index contributed by atoms with van der Waals surface area (Å²) in [5.74, 6) is -0.370. The summed E-state index contributed by atoms with van der Waals surface area (Å²) in [6.07, 6.45) is 2.38. The summed E-state index contributed by atoms with van der Waals surface area (Å²) in [6.45, 7) is 1.99. The van der Waals surface area contributed by atoms with Crippen LogP contribution in [0.1, 0.15) is 31.7 Å². The molecule has 0 bridgehead atoms. The molecule has 0 unspecified atom stereocenters. The molecule has 1 N–H and O–H groups in total. The Labute approximate surface area is 184 Å². The number of amides is 2. The van der Waals surface area contributed by atoms with Crippen molar-refractivity contribution in [1.82, 2.24) is 0 Å². The SMILES string of the molecule is C[C@H]1Cc2cc(S(=O)(=O)CCC(=O)Nc3cccc(Br)c3)ccc2N1C(=O)C1CC1. The van der Waals surface area contributed by atoms with Gasteiger partial charge in [-0.3, -0.25) is 9.59 Å². The third-order valence-corrected chi connectivity index (χ3v) is 7.70. The number of carbonyl (C=O) groups excluding carboxylic acids is 2. The topological polar surface area (TPSA) is 83.6 Å². The first-order chi connectivity index (χ1) is 14.2. The van der Waals surface area contributed by atoms with Gasteiger partial charge in [0.1, 0.15) is 0 Å². The summed E-state index contributed by atoms with van der Waals surface area (Å²) in [4.78, 5) is 26.8. The quantitative estimate of drug-likeness (QED) is 0.664.